The molecule has 3 rings (SSSR count). The first-order chi connectivity index (χ1) is 12.6. The molecule has 0 bridgehead atoms. The van der Waals surface area contributed by atoms with Gasteiger partial charge < -0.3 is 15.5 Å². The predicted octanol–water partition coefficient (Wildman–Crippen LogP) is 3.25. The second-order valence-electron chi connectivity index (χ2n) is 6.86. The van der Waals surface area contributed by atoms with E-state index in [-0.39, 0.29) is 6.03 Å². The topological polar surface area (TPSA) is 47.6 Å². The lowest BCUT2D eigenvalue weighted by Crippen LogP contribution is -2.48. The molecule has 1 fully saturated rings. The van der Waals surface area contributed by atoms with Gasteiger partial charge in [0.25, 0.3) is 0 Å². The van der Waals surface area contributed by atoms with Gasteiger partial charge in [0.1, 0.15) is 0 Å². The van der Waals surface area contributed by atoms with Crippen molar-refractivity contribution in [1.29, 1.82) is 0 Å². The molecule has 0 unspecified atom stereocenters. The van der Waals surface area contributed by atoms with Gasteiger partial charge in [-0.25, -0.2) is 4.79 Å². The number of rotatable bonds is 5. The zero-order chi connectivity index (χ0) is 18.4. The summed E-state index contributed by atoms with van der Waals surface area (Å²) < 4.78 is 0. The van der Waals surface area contributed by atoms with Crippen molar-refractivity contribution in [1.82, 2.24) is 10.2 Å². The van der Waals surface area contributed by atoms with Crippen LogP contribution in [0.15, 0.2) is 48.5 Å². The SMILES string of the molecule is Cc1ccc(NC(=O)NCCN2CCN(c3ccccc3)CC2)c(C)c1. The van der Waals surface area contributed by atoms with Crippen LogP contribution in [-0.2, 0) is 0 Å². The number of hydrogen-bond donors (Lipinski definition) is 2. The van der Waals surface area contributed by atoms with Gasteiger partial charge in [0.2, 0.25) is 0 Å². The number of urea groups is 1. The maximum Gasteiger partial charge on any atom is 0.319 e. The smallest absolute Gasteiger partial charge is 0.319 e. The Kier molecular flexibility index (Phi) is 6.12. The van der Waals surface area contributed by atoms with Crippen LogP contribution in [0.4, 0.5) is 16.2 Å². The Morgan fingerprint density at radius 1 is 1.00 bits per heavy atom. The number of para-hydroxylation sites is 1. The van der Waals surface area contributed by atoms with Gasteiger partial charge in [-0.05, 0) is 37.6 Å². The Bertz CT molecular complexity index is 724. The Balaban J connectivity index is 1.37. The van der Waals surface area contributed by atoms with Crippen LogP contribution < -0.4 is 15.5 Å². The van der Waals surface area contributed by atoms with Gasteiger partial charge in [-0.3, -0.25) is 4.90 Å². The van der Waals surface area contributed by atoms with E-state index in [2.05, 4.69) is 56.8 Å². The van der Waals surface area contributed by atoms with E-state index in [4.69, 9.17) is 0 Å². The quantitative estimate of drug-likeness (QED) is 0.868. The number of carbonyl (C=O) groups is 1. The number of amides is 2. The molecule has 2 N–H and O–H groups in total. The fourth-order valence-electron chi connectivity index (χ4n) is 3.32. The molecule has 0 radical (unpaired) electrons. The van der Waals surface area contributed by atoms with Crippen molar-refractivity contribution in [3.63, 3.8) is 0 Å². The number of nitrogens with zero attached hydrogens (tertiary/aromatic N) is 2. The predicted molar refractivity (Wildman–Crippen MR) is 108 cm³/mol. The average molecular weight is 352 g/mol. The monoisotopic (exact) mass is 352 g/mol. The normalized spacial score (nSPS) is 14.9. The van der Waals surface area contributed by atoms with Gasteiger partial charge in [-0.15, -0.1) is 0 Å². The molecule has 1 aliphatic heterocycles. The highest BCUT2D eigenvalue weighted by Crippen LogP contribution is 2.16. The van der Waals surface area contributed by atoms with Crippen LogP contribution in [0.3, 0.4) is 0 Å². The molecule has 0 aliphatic carbocycles. The first kappa shape index (κ1) is 18.3. The summed E-state index contributed by atoms with van der Waals surface area (Å²) in [5.74, 6) is 0. The lowest BCUT2D eigenvalue weighted by Gasteiger charge is -2.36. The summed E-state index contributed by atoms with van der Waals surface area (Å²) in [5, 5.41) is 5.88. The number of nitrogens with one attached hydrogen (secondary N) is 2. The van der Waals surface area contributed by atoms with Crippen molar-refractivity contribution in [3.05, 3.63) is 59.7 Å². The zero-order valence-corrected chi connectivity index (χ0v) is 15.7. The van der Waals surface area contributed by atoms with Gasteiger partial charge in [0.15, 0.2) is 0 Å². The number of aryl methyl sites for hydroxylation is 2. The van der Waals surface area contributed by atoms with Gasteiger partial charge in [-0.2, -0.15) is 0 Å². The summed E-state index contributed by atoms with van der Waals surface area (Å²) in [7, 11) is 0. The molecule has 26 heavy (non-hydrogen) atoms. The Morgan fingerprint density at radius 2 is 1.73 bits per heavy atom. The van der Waals surface area contributed by atoms with E-state index in [1.807, 2.05) is 26.0 Å². The number of benzene rings is 2. The largest absolute Gasteiger partial charge is 0.369 e. The van der Waals surface area contributed by atoms with Crippen molar-refractivity contribution in [3.8, 4) is 0 Å². The highest BCUT2D eigenvalue weighted by molar-refractivity contribution is 5.90. The minimum Gasteiger partial charge on any atom is -0.369 e. The van der Waals surface area contributed by atoms with Crippen LogP contribution >= 0.6 is 0 Å². The molecule has 0 atom stereocenters. The minimum atomic E-state index is -0.139. The van der Waals surface area contributed by atoms with E-state index in [1.54, 1.807) is 0 Å². The molecule has 138 valence electrons. The van der Waals surface area contributed by atoms with Gasteiger partial charge in [0.05, 0.1) is 0 Å². The number of carbonyl (C=O) groups excluding carboxylic acids is 1. The Hall–Kier alpha value is -2.53. The second-order valence-corrected chi connectivity index (χ2v) is 6.86. The third-order valence-corrected chi connectivity index (χ3v) is 4.84. The van der Waals surface area contributed by atoms with Crippen LogP contribution in [-0.4, -0.2) is 50.2 Å². The first-order valence-corrected chi connectivity index (χ1v) is 9.26. The molecule has 1 saturated heterocycles. The Morgan fingerprint density at radius 3 is 2.42 bits per heavy atom. The maximum absolute atomic E-state index is 12.1. The van der Waals surface area contributed by atoms with E-state index in [0.29, 0.717) is 6.54 Å². The lowest BCUT2D eigenvalue weighted by atomic mass is 10.1. The van der Waals surface area contributed by atoms with Crippen molar-refractivity contribution < 1.29 is 4.79 Å². The van der Waals surface area contributed by atoms with Gasteiger partial charge in [-0.1, -0.05) is 35.9 Å². The van der Waals surface area contributed by atoms with E-state index >= 15 is 0 Å². The molecule has 1 heterocycles. The summed E-state index contributed by atoms with van der Waals surface area (Å²) in [4.78, 5) is 16.9. The van der Waals surface area contributed by atoms with E-state index in [1.165, 1.54) is 11.3 Å². The molecule has 5 heteroatoms. The molecular formula is C21H28N4O. The summed E-state index contributed by atoms with van der Waals surface area (Å²) in [5.41, 5.74) is 4.43. The average Bonchev–Trinajstić information content (AvgIpc) is 2.65. The third kappa shape index (κ3) is 4.99. The molecule has 2 aromatic rings. The fourth-order valence-corrected chi connectivity index (χ4v) is 3.32. The second kappa shape index (κ2) is 8.72. The van der Waals surface area contributed by atoms with Gasteiger partial charge >= 0.3 is 6.03 Å². The molecule has 0 aromatic heterocycles. The zero-order valence-electron chi connectivity index (χ0n) is 15.7. The number of anilines is 2. The molecule has 5 nitrogen and oxygen atoms in total. The molecule has 0 spiro atoms. The molecule has 0 saturated carbocycles. The highest BCUT2D eigenvalue weighted by atomic mass is 16.2. The number of hydrogen-bond acceptors (Lipinski definition) is 3. The van der Waals surface area contributed by atoms with Crippen molar-refractivity contribution >= 4 is 17.4 Å². The van der Waals surface area contributed by atoms with Gasteiger partial charge in [0, 0.05) is 50.6 Å². The minimum absolute atomic E-state index is 0.139. The van der Waals surface area contributed by atoms with Crippen LogP contribution in [0.5, 0.6) is 0 Å². The fraction of sp³-hybridized carbons (Fsp3) is 0.381. The Labute approximate surface area is 156 Å². The molecule has 1 aliphatic rings. The molecule has 2 amide bonds. The summed E-state index contributed by atoms with van der Waals surface area (Å²) in [6.07, 6.45) is 0. The first-order valence-electron chi connectivity index (χ1n) is 9.26. The van der Waals surface area contributed by atoms with Crippen LogP contribution in [0.2, 0.25) is 0 Å². The van der Waals surface area contributed by atoms with E-state index in [9.17, 15) is 4.79 Å². The van der Waals surface area contributed by atoms with E-state index < -0.39 is 0 Å². The van der Waals surface area contributed by atoms with Crippen molar-refractivity contribution in [2.75, 3.05) is 49.5 Å². The number of piperazine rings is 1. The molecular weight excluding hydrogens is 324 g/mol. The maximum atomic E-state index is 12.1. The summed E-state index contributed by atoms with van der Waals surface area (Å²) in [6.45, 7) is 9.69. The lowest BCUT2D eigenvalue weighted by molar-refractivity contribution is 0.240. The van der Waals surface area contributed by atoms with Crippen LogP contribution in [0.1, 0.15) is 11.1 Å². The van der Waals surface area contributed by atoms with Crippen molar-refractivity contribution in [2.24, 2.45) is 0 Å². The van der Waals surface area contributed by atoms with E-state index in [0.717, 1.165) is 44.0 Å². The molecule has 2 aromatic carbocycles. The standard InChI is InChI=1S/C21H28N4O/c1-17-8-9-20(18(2)16-17)23-21(26)22-10-11-24-12-14-25(15-13-24)19-6-4-3-5-7-19/h3-9,16H,10-15H2,1-2H3,(H2,22,23,26). The van der Waals surface area contributed by atoms with Crippen molar-refractivity contribution in [2.45, 2.75) is 13.8 Å². The van der Waals surface area contributed by atoms with Crippen LogP contribution in [0.25, 0.3) is 0 Å². The summed E-state index contributed by atoms with van der Waals surface area (Å²) in [6, 6.07) is 16.4. The third-order valence-electron chi connectivity index (χ3n) is 4.84. The van der Waals surface area contributed by atoms with Crippen LogP contribution in [0, 0.1) is 13.8 Å². The summed E-state index contributed by atoms with van der Waals surface area (Å²) >= 11 is 0. The highest BCUT2D eigenvalue weighted by Gasteiger charge is 2.16.